The number of amides is 1. The van der Waals surface area contributed by atoms with Gasteiger partial charge in [-0.2, -0.15) is 13.2 Å². The van der Waals surface area contributed by atoms with Gasteiger partial charge in [-0.3, -0.25) is 9.78 Å². The molecular weight excluding hydrogens is 505 g/mol. The SMILES string of the molecule is NC(=NO)c1cc(Oc2cccc(/C=C/C(=O)Nc3ccc(Br)c(C(F)(F)F)c3)c2)ccn1. The van der Waals surface area contributed by atoms with Gasteiger partial charge in [-0.15, -0.1) is 0 Å². The molecule has 0 radical (unpaired) electrons. The fourth-order valence-corrected chi connectivity index (χ4v) is 3.13. The molecule has 33 heavy (non-hydrogen) atoms. The molecular formula is C22H16BrF3N4O3. The third-order valence-corrected chi connectivity index (χ3v) is 4.85. The van der Waals surface area contributed by atoms with E-state index in [9.17, 15) is 18.0 Å². The number of rotatable bonds is 6. The van der Waals surface area contributed by atoms with Crippen LogP contribution in [0.5, 0.6) is 11.5 Å². The van der Waals surface area contributed by atoms with Gasteiger partial charge < -0.3 is 21.0 Å². The minimum absolute atomic E-state index is 0.0106. The van der Waals surface area contributed by atoms with Gasteiger partial charge in [-0.25, -0.2) is 0 Å². The maximum Gasteiger partial charge on any atom is 0.417 e. The van der Waals surface area contributed by atoms with Crippen molar-refractivity contribution in [2.75, 3.05) is 5.32 Å². The number of alkyl halides is 3. The number of benzene rings is 2. The third kappa shape index (κ3) is 6.56. The molecule has 1 amide bonds. The van der Waals surface area contributed by atoms with E-state index in [1.54, 1.807) is 30.3 Å². The van der Waals surface area contributed by atoms with Crippen molar-refractivity contribution in [3.63, 3.8) is 0 Å². The average molecular weight is 521 g/mol. The zero-order valence-corrected chi connectivity index (χ0v) is 18.3. The standard InChI is InChI=1S/C22H16BrF3N4O3/c23-18-6-5-14(11-17(18)22(24,25)26)29-20(31)7-4-13-2-1-3-15(10-13)33-16-8-9-28-19(12-16)21(27)30-32/h1-12,32H,(H2,27,30)(H,29,31)/b7-4+. The number of nitrogens with one attached hydrogen (secondary N) is 1. The van der Waals surface area contributed by atoms with Crippen molar-refractivity contribution in [2.24, 2.45) is 10.9 Å². The molecule has 1 heterocycles. The van der Waals surface area contributed by atoms with E-state index < -0.39 is 17.6 Å². The molecule has 4 N–H and O–H groups in total. The molecule has 0 spiro atoms. The molecule has 0 unspecified atom stereocenters. The number of ether oxygens (including phenoxy) is 1. The number of carbonyl (C=O) groups is 1. The predicted molar refractivity (Wildman–Crippen MR) is 120 cm³/mol. The zero-order valence-electron chi connectivity index (χ0n) is 16.7. The minimum Gasteiger partial charge on any atom is -0.457 e. The Hall–Kier alpha value is -3.86. The van der Waals surface area contributed by atoms with E-state index in [1.807, 2.05) is 0 Å². The average Bonchev–Trinajstić information content (AvgIpc) is 2.78. The topological polar surface area (TPSA) is 110 Å². The van der Waals surface area contributed by atoms with Crippen LogP contribution in [-0.4, -0.2) is 21.9 Å². The van der Waals surface area contributed by atoms with Crippen molar-refractivity contribution >= 4 is 39.4 Å². The summed E-state index contributed by atoms with van der Waals surface area (Å²) >= 11 is 2.85. The second-order valence-corrected chi connectivity index (χ2v) is 7.41. The van der Waals surface area contributed by atoms with Gasteiger partial charge in [0.1, 0.15) is 17.2 Å². The van der Waals surface area contributed by atoms with E-state index in [0.717, 1.165) is 6.07 Å². The highest BCUT2D eigenvalue weighted by Gasteiger charge is 2.33. The molecule has 1 aromatic heterocycles. The summed E-state index contributed by atoms with van der Waals surface area (Å²) in [6.07, 6.45) is -0.442. The summed E-state index contributed by atoms with van der Waals surface area (Å²) in [6, 6.07) is 13.2. The highest BCUT2D eigenvalue weighted by Crippen LogP contribution is 2.36. The summed E-state index contributed by atoms with van der Waals surface area (Å²) in [4.78, 5) is 16.1. The Balaban J connectivity index is 1.69. The van der Waals surface area contributed by atoms with Crippen LogP contribution in [0.25, 0.3) is 6.08 Å². The number of aromatic nitrogens is 1. The summed E-state index contributed by atoms with van der Waals surface area (Å²) in [5.41, 5.74) is 5.48. The number of hydrogen-bond acceptors (Lipinski definition) is 5. The third-order valence-electron chi connectivity index (χ3n) is 4.16. The molecule has 3 rings (SSSR count). The molecule has 0 fully saturated rings. The molecule has 0 saturated carbocycles. The summed E-state index contributed by atoms with van der Waals surface area (Å²) in [6.45, 7) is 0. The second-order valence-electron chi connectivity index (χ2n) is 6.55. The normalized spacial score (nSPS) is 12.1. The van der Waals surface area contributed by atoms with Crippen LogP contribution in [0.4, 0.5) is 18.9 Å². The molecule has 7 nitrogen and oxygen atoms in total. The first-order chi connectivity index (χ1) is 15.7. The maximum atomic E-state index is 13.0. The highest BCUT2D eigenvalue weighted by molar-refractivity contribution is 9.10. The van der Waals surface area contributed by atoms with Gasteiger partial charge >= 0.3 is 6.18 Å². The number of nitrogens with two attached hydrogens (primary N) is 1. The largest absolute Gasteiger partial charge is 0.457 e. The fraction of sp³-hybridized carbons (Fsp3) is 0.0455. The first-order valence-corrected chi connectivity index (χ1v) is 10.0. The summed E-state index contributed by atoms with van der Waals surface area (Å²) in [7, 11) is 0. The Morgan fingerprint density at radius 2 is 1.91 bits per heavy atom. The Kier molecular flexibility index (Phi) is 7.34. The molecule has 0 aliphatic heterocycles. The van der Waals surface area contributed by atoms with Crippen molar-refractivity contribution in [3.8, 4) is 11.5 Å². The van der Waals surface area contributed by atoms with Crippen molar-refractivity contribution < 1.29 is 27.9 Å². The van der Waals surface area contributed by atoms with E-state index in [0.29, 0.717) is 17.1 Å². The van der Waals surface area contributed by atoms with Gasteiger partial charge in [0, 0.05) is 28.5 Å². The molecule has 0 saturated heterocycles. The first kappa shape index (κ1) is 23.8. The molecule has 0 aliphatic carbocycles. The zero-order chi connectivity index (χ0) is 24.0. The van der Waals surface area contributed by atoms with Crippen molar-refractivity contribution in [2.45, 2.75) is 6.18 Å². The smallest absolute Gasteiger partial charge is 0.417 e. The lowest BCUT2D eigenvalue weighted by atomic mass is 10.2. The molecule has 3 aromatic rings. The quantitative estimate of drug-likeness (QED) is 0.132. The number of amidine groups is 1. The minimum atomic E-state index is -4.55. The Labute approximate surface area is 194 Å². The van der Waals surface area contributed by atoms with E-state index in [4.69, 9.17) is 15.7 Å². The van der Waals surface area contributed by atoms with E-state index in [-0.39, 0.29) is 21.7 Å². The van der Waals surface area contributed by atoms with Crippen LogP contribution in [0.15, 0.2) is 76.5 Å². The lowest BCUT2D eigenvalue weighted by molar-refractivity contribution is -0.138. The molecule has 0 bridgehead atoms. The molecule has 2 aromatic carbocycles. The van der Waals surface area contributed by atoms with E-state index in [2.05, 4.69) is 31.4 Å². The van der Waals surface area contributed by atoms with Gasteiger partial charge in [-0.1, -0.05) is 33.2 Å². The summed E-state index contributed by atoms with van der Waals surface area (Å²) in [5, 5.41) is 14.0. The Bertz CT molecular complexity index is 1230. The number of nitrogens with zero attached hydrogens (tertiary/aromatic N) is 2. The lowest BCUT2D eigenvalue weighted by Crippen LogP contribution is -2.14. The first-order valence-electron chi connectivity index (χ1n) is 9.23. The fourth-order valence-electron chi connectivity index (χ4n) is 2.66. The predicted octanol–water partition coefficient (Wildman–Crippen LogP) is 5.40. The van der Waals surface area contributed by atoms with E-state index >= 15 is 0 Å². The monoisotopic (exact) mass is 520 g/mol. The van der Waals surface area contributed by atoms with Crippen LogP contribution in [0.2, 0.25) is 0 Å². The Morgan fingerprint density at radius 3 is 2.64 bits per heavy atom. The lowest BCUT2D eigenvalue weighted by Gasteiger charge is -2.11. The second kappa shape index (κ2) is 10.2. The number of carbonyl (C=O) groups excluding carboxylic acids is 1. The van der Waals surface area contributed by atoms with Gasteiger partial charge in [0.2, 0.25) is 5.91 Å². The van der Waals surface area contributed by atoms with Crippen LogP contribution < -0.4 is 15.8 Å². The van der Waals surface area contributed by atoms with Crippen LogP contribution in [0, 0.1) is 0 Å². The van der Waals surface area contributed by atoms with Crippen LogP contribution >= 0.6 is 15.9 Å². The summed E-state index contributed by atoms with van der Waals surface area (Å²) in [5.74, 6) is 0.0590. The van der Waals surface area contributed by atoms with Gasteiger partial charge in [0.25, 0.3) is 0 Å². The Morgan fingerprint density at radius 1 is 1.15 bits per heavy atom. The van der Waals surface area contributed by atoms with Crippen LogP contribution in [0.1, 0.15) is 16.8 Å². The maximum absolute atomic E-state index is 13.0. The molecule has 0 atom stereocenters. The van der Waals surface area contributed by atoms with Gasteiger partial charge in [-0.05, 0) is 48.0 Å². The van der Waals surface area contributed by atoms with Crippen LogP contribution in [0.3, 0.4) is 0 Å². The van der Waals surface area contributed by atoms with Crippen LogP contribution in [-0.2, 0) is 11.0 Å². The van der Waals surface area contributed by atoms with Crippen molar-refractivity contribution in [1.29, 1.82) is 0 Å². The highest BCUT2D eigenvalue weighted by atomic mass is 79.9. The number of hydrogen-bond donors (Lipinski definition) is 3. The number of anilines is 1. The van der Waals surface area contributed by atoms with Gasteiger partial charge in [0.15, 0.2) is 5.84 Å². The summed E-state index contributed by atoms with van der Waals surface area (Å²) < 4.78 is 44.7. The molecule has 11 heteroatoms. The number of halogens is 4. The number of pyridine rings is 1. The van der Waals surface area contributed by atoms with Gasteiger partial charge in [0.05, 0.1) is 5.56 Å². The number of oxime groups is 1. The van der Waals surface area contributed by atoms with Crippen molar-refractivity contribution in [3.05, 3.63) is 88.2 Å². The van der Waals surface area contributed by atoms with E-state index in [1.165, 1.54) is 36.5 Å². The molecule has 0 aliphatic rings. The van der Waals surface area contributed by atoms with Crippen molar-refractivity contribution in [1.82, 2.24) is 4.98 Å². The molecule has 170 valence electrons.